The van der Waals surface area contributed by atoms with E-state index in [-0.39, 0.29) is 11.9 Å². The summed E-state index contributed by atoms with van der Waals surface area (Å²) in [6, 6.07) is 16.8. The number of thioether (sulfide) groups is 1. The second kappa shape index (κ2) is 8.78. The van der Waals surface area contributed by atoms with Gasteiger partial charge in [0.1, 0.15) is 0 Å². The van der Waals surface area contributed by atoms with Gasteiger partial charge in [-0.1, -0.05) is 55.5 Å². The van der Waals surface area contributed by atoms with Crippen molar-refractivity contribution < 1.29 is 4.79 Å². The molecular weight excluding hydrogens is 302 g/mol. The van der Waals surface area contributed by atoms with Gasteiger partial charge in [0.2, 0.25) is 5.91 Å². The lowest BCUT2D eigenvalue weighted by Gasteiger charge is -2.15. The Balaban J connectivity index is 1.78. The van der Waals surface area contributed by atoms with Gasteiger partial charge in [-0.3, -0.25) is 4.79 Å². The molecule has 0 saturated carbocycles. The van der Waals surface area contributed by atoms with E-state index in [0.29, 0.717) is 5.75 Å². The molecule has 23 heavy (non-hydrogen) atoms. The molecule has 0 aliphatic rings. The molecule has 2 aromatic rings. The van der Waals surface area contributed by atoms with Gasteiger partial charge in [0, 0.05) is 5.75 Å². The maximum atomic E-state index is 12.1. The normalized spacial score (nSPS) is 12.0. The lowest BCUT2D eigenvalue weighted by molar-refractivity contribution is -0.119. The fourth-order valence-corrected chi connectivity index (χ4v) is 3.35. The van der Waals surface area contributed by atoms with Crippen LogP contribution in [0.3, 0.4) is 0 Å². The van der Waals surface area contributed by atoms with Crippen LogP contribution in [0.1, 0.15) is 42.1 Å². The van der Waals surface area contributed by atoms with Crippen molar-refractivity contribution in [1.29, 1.82) is 0 Å². The molecule has 2 nitrogen and oxygen atoms in total. The quantitative estimate of drug-likeness (QED) is 0.801. The van der Waals surface area contributed by atoms with E-state index in [1.807, 2.05) is 19.1 Å². The number of benzene rings is 2. The molecule has 0 fully saturated rings. The standard InChI is InChI=1S/C20H25NOS/c1-4-17-9-11-18(12-10-17)16(3)21-20(22)14-23-13-19-8-6-5-7-15(19)2/h5-12,16H,4,13-14H2,1-3H3,(H,21,22)/t16-/m0/s1. The van der Waals surface area contributed by atoms with E-state index in [1.165, 1.54) is 16.7 Å². The summed E-state index contributed by atoms with van der Waals surface area (Å²) in [4.78, 5) is 12.1. The van der Waals surface area contributed by atoms with Crippen molar-refractivity contribution in [3.63, 3.8) is 0 Å². The van der Waals surface area contributed by atoms with Gasteiger partial charge in [0.05, 0.1) is 11.8 Å². The third kappa shape index (κ3) is 5.43. The van der Waals surface area contributed by atoms with E-state index in [9.17, 15) is 4.79 Å². The van der Waals surface area contributed by atoms with E-state index in [1.54, 1.807) is 11.8 Å². The lowest BCUT2D eigenvalue weighted by Crippen LogP contribution is -2.28. The molecule has 3 heteroatoms. The van der Waals surface area contributed by atoms with Gasteiger partial charge >= 0.3 is 0 Å². The average molecular weight is 327 g/mol. The van der Waals surface area contributed by atoms with Gasteiger partial charge < -0.3 is 5.32 Å². The van der Waals surface area contributed by atoms with Gasteiger partial charge in [0.25, 0.3) is 0 Å². The summed E-state index contributed by atoms with van der Waals surface area (Å²) in [5, 5.41) is 3.07. The number of carbonyl (C=O) groups is 1. The molecule has 0 heterocycles. The molecule has 0 radical (unpaired) electrons. The third-order valence-corrected chi connectivity index (χ3v) is 5.00. The zero-order valence-corrected chi connectivity index (χ0v) is 15.0. The Labute approximate surface area is 143 Å². The molecule has 1 amide bonds. The molecule has 0 unspecified atom stereocenters. The van der Waals surface area contributed by atoms with Crippen molar-refractivity contribution in [3.8, 4) is 0 Å². The molecule has 2 rings (SSSR count). The molecule has 0 aromatic heterocycles. The van der Waals surface area contributed by atoms with Crippen LogP contribution < -0.4 is 5.32 Å². The van der Waals surface area contributed by atoms with Crippen molar-refractivity contribution in [3.05, 3.63) is 70.8 Å². The van der Waals surface area contributed by atoms with E-state index in [4.69, 9.17) is 0 Å². The number of carbonyl (C=O) groups excluding carboxylic acids is 1. The Morgan fingerprint density at radius 3 is 2.48 bits per heavy atom. The van der Waals surface area contributed by atoms with Crippen molar-refractivity contribution >= 4 is 17.7 Å². The largest absolute Gasteiger partial charge is 0.349 e. The zero-order valence-electron chi connectivity index (χ0n) is 14.1. The summed E-state index contributed by atoms with van der Waals surface area (Å²) in [6.07, 6.45) is 1.04. The topological polar surface area (TPSA) is 29.1 Å². The first-order chi connectivity index (χ1) is 11.1. The summed E-state index contributed by atoms with van der Waals surface area (Å²) in [5.41, 5.74) is 5.05. The lowest BCUT2D eigenvalue weighted by atomic mass is 10.1. The van der Waals surface area contributed by atoms with Crippen LogP contribution in [0.5, 0.6) is 0 Å². The van der Waals surface area contributed by atoms with E-state index in [0.717, 1.165) is 17.7 Å². The van der Waals surface area contributed by atoms with E-state index in [2.05, 4.69) is 55.6 Å². The highest BCUT2D eigenvalue weighted by Gasteiger charge is 2.09. The number of amides is 1. The van der Waals surface area contributed by atoms with Gasteiger partial charge in [-0.05, 0) is 42.5 Å². The number of nitrogens with one attached hydrogen (secondary N) is 1. The average Bonchev–Trinajstić information content (AvgIpc) is 2.56. The fraction of sp³-hybridized carbons (Fsp3) is 0.350. The Morgan fingerprint density at radius 1 is 1.13 bits per heavy atom. The Morgan fingerprint density at radius 2 is 1.83 bits per heavy atom. The molecule has 0 bridgehead atoms. The zero-order chi connectivity index (χ0) is 16.7. The van der Waals surface area contributed by atoms with Crippen molar-refractivity contribution in [2.45, 2.75) is 39.0 Å². The van der Waals surface area contributed by atoms with Crippen molar-refractivity contribution in [1.82, 2.24) is 5.32 Å². The van der Waals surface area contributed by atoms with Gasteiger partial charge in [-0.15, -0.1) is 11.8 Å². The predicted octanol–water partition coefficient (Wildman–Crippen LogP) is 4.67. The monoisotopic (exact) mass is 327 g/mol. The predicted molar refractivity (Wildman–Crippen MR) is 99.7 cm³/mol. The molecule has 0 aliphatic heterocycles. The number of hydrogen-bond acceptors (Lipinski definition) is 2. The van der Waals surface area contributed by atoms with Crippen LogP contribution >= 0.6 is 11.8 Å². The molecular formula is C20H25NOS. The summed E-state index contributed by atoms with van der Waals surface area (Å²) in [6.45, 7) is 6.29. The minimum absolute atomic E-state index is 0.0486. The summed E-state index contributed by atoms with van der Waals surface area (Å²) < 4.78 is 0. The highest BCUT2D eigenvalue weighted by Crippen LogP contribution is 2.17. The van der Waals surface area contributed by atoms with Crippen molar-refractivity contribution in [2.24, 2.45) is 0 Å². The molecule has 2 aromatic carbocycles. The smallest absolute Gasteiger partial charge is 0.230 e. The summed E-state index contributed by atoms with van der Waals surface area (Å²) >= 11 is 1.66. The van der Waals surface area contributed by atoms with Crippen LogP contribution in [-0.4, -0.2) is 11.7 Å². The van der Waals surface area contributed by atoms with Crippen LogP contribution in [0.4, 0.5) is 0 Å². The molecule has 1 N–H and O–H groups in total. The van der Waals surface area contributed by atoms with Gasteiger partial charge in [-0.2, -0.15) is 0 Å². The molecule has 0 saturated heterocycles. The van der Waals surface area contributed by atoms with Crippen LogP contribution in [0, 0.1) is 6.92 Å². The van der Waals surface area contributed by atoms with Crippen LogP contribution in [-0.2, 0) is 17.0 Å². The van der Waals surface area contributed by atoms with Crippen LogP contribution in [0.25, 0.3) is 0 Å². The van der Waals surface area contributed by atoms with E-state index < -0.39 is 0 Å². The Kier molecular flexibility index (Phi) is 6.72. The SMILES string of the molecule is CCc1ccc([C@H](C)NC(=O)CSCc2ccccc2C)cc1. The Bertz CT molecular complexity index is 636. The second-order valence-electron chi connectivity index (χ2n) is 5.80. The second-order valence-corrected chi connectivity index (χ2v) is 6.79. The highest BCUT2D eigenvalue weighted by atomic mass is 32.2. The molecule has 122 valence electrons. The first-order valence-electron chi connectivity index (χ1n) is 8.10. The molecule has 1 atom stereocenters. The maximum absolute atomic E-state index is 12.1. The summed E-state index contributed by atoms with van der Waals surface area (Å²) in [5.74, 6) is 1.46. The Hall–Kier alpha value is -1.74. The molecule has 0 aliphatic carbocycles. The minimum Gasteiger partial charge on any atom is -0.349 e. The highest BCUT2D eigenvalue weighted by molar-refractivity contribution is 7.99. The first kappa shape index (κ1) is 17.6. The van der Waals surface area contributed by atoms with Gasteiger partial charge in [0.15, 0.2) is 0 Å². The van der Waals surface area contributed by atoms with Crippen molar-refractivity contribution in [2.75, 3.05) is 5.75 Å². The number of aryl methyl sites for hydroxylation is 2. The fourth-order valence-electron chi connectivity index (χ4n) is 2.43. The number of rotatable bonds is 7. The van der Waals surface area contributed by atoms with Crippen LogP contribution in [0.2, 0.25) is 0 Å². The third-order valence-electron chi connectivity index (χ3n) is 4.02. The van der Waals surface area contributed by atoms with E-state index >= 15 is 0 Å². The molecule has 0 spiro atoms. The van der Waals surface area contributed by atoms with Crippen LogP contribution in [0.15, 0.2) is 48.5 Å². The number of hydrogen-bond donors (Lipinski definition) is 1. The van der Waals surface area contributed by atoms with Gasteiger partial charge in [-0.25, -0.2) is 0 Å². The maximum Gasteiger partial charge on any atom is 0.230 e. The minimum atomic E-state index is 0.0486. The first-order valence-corrected chi connectivity index (χ1v) is 9.26. The summed E-state index contributed by atoms with van der Waals surface area (Å²) in [7, 11) is 0.